The molecule has 1 aromatic carbocycles. The molecule has 10 heteroatoms. The summed E-state index contributed by atoms with van der Waals surface area (Å²) < 4.78 is 3.78. The second kappa shape index (κ2) is 9.21. The minimum Gasteiger partial charge on any atom is -0.352 e. The minimum atomic E-state index is -0.552. The van der Waals surface area contributed by atoms with Crippen LogP contribution < -0.4 is 21.9 Å². The van der Waals surface area contributed by atoms with Crippen molar-refractivity contribution in [3.05, 3.63) is 44.6 Å². The Morgan fingerprint density at radius 3 is 2.45 bits per heavy atom. The lowest BCUT2D eigenvalue weighted by molar-refractivity contribution is -0.123. The second-order valence-electron chi connectivity index (χ2n) is 9.67. The number of amides is 2. The third-order valence-corrected chi connectivity index (χ3v) is 4.97. The Hall–Kier alpha value is -3.43. The standard InChI is InChI=1S/C23H32N6O4/c1-7-10-27-20(32)16-9-8-15(19(31)24-12-14(2)3)11-17(16)29-21(27)26-28(22(29)33)13-18(30)25-23(4,5)6/h8-9,11,14H,7,10,12-13H2,1-6H3,(H,24,31)(H,25,30). The van der Waals surface area contributed by atoms with Crippen LogP contribution in [0.25, 0.3) is 16.7 Å². The van der Waals surface area contributed by atoms with Crippen LogP contribution in [0.4, 0.5) is 0 Å². The number of aromatic nitrogens is 4. The molecule has 0 aliphatic rings. The van der Waals surface area contributed by atoms with Crippen LogP contribution in [-0.2, 0) is 17.9 Å². The number of carbonyl (C=O) groups excluding carboxylic acids is 2. The van der Waals surface area contributed by atoms with Crippen molar-refractivity contribution in [2.75, 3.05) is 6.54 Å². The number of aryl methyl sites for hydroxylation is 1. The molecule has 3 rings (SSSR count). The molecule has 10 nitrogen and oxygen atoms in total. The first-order chi connectivity index (χ1) is 15.4. The number of carbonyl (C=O) groups is 2. The van der Waals surface area contributed by atoms with Crippen LogP contribution >= 0.6 is 0 Å². The molecular weight excluding hydrogens is 424 g/mol. The van der Waals surface area contributed by atoms with Crippen molar-refractivity contribution in [3.63, 3.8) is 0 Å². The van der Waals surface area contributed by atoms with Gasteiger partial charge in [-0.15, -0.1) is 5.10 Å². The SMILES string of the molecule is CCCn1c(=O)c2ccc(C(=O)NCC(C)C)cc2n2c(=O)n(CC(=O)NC(C)(C)C)nc12. The van der Waals surface area contributed by atoms with E-state index in [0.717, 1.165) is 4.68 Å². The number of hydrogen-bond donors (Lipinski definition) is 2. The summed E-state index contributed by atoms with van der Waals surface area (Å²) in [6.07, 6.45) is 0.655. The molecule has 0 saturated carbocycles. The van der Waals surface area contributed by atoms with Gasteiger partial charge < -0.3 is 10.6 Å². The van der Waals surface area contributed by atoms with Crippen LogP contribution in [0.15, 0.2) is 27.8 Å². The summed E-state index contributed by atoms with van der Waals surface area (Å²) in [4.78, 5) is 51.5. The van der Waals surface area contributed by atoms with E-state index < -0.39 is 11.2 Å². The number of nitrogens with one attached hydrogen (secondary N) is 2. The first-order valence-electron chi connectivity index (χ1n) is 11.2. The van der Waals surface area contributed by atoms with Crippen molar-refractivity contribution in [1.82, 2.24) is 29.4 Å². The summed E-state index contributed by atoms with van der Waals surface area (Å²) in [5.41, 5.74) is -0.697. The summed E-state index contributed by atoms with van der Waals surface area (Å²) in [6, 6.07) is 4.66. The van der Waals surface area contributed by atoms with E-state index in [1.54, 1.807) is 12.1 Å². The molecule has 33 heavy (non-hydrogen) atoms. The molecular formula is C23H32N6O4. The van der Waals surface area contributed by atoms with Crippen LogP contribution in [0.3, 0.4) is 0 Å². The van der Waals surface area contributed by atoms with E-state index >= 15 is 0 Å². The zero-order valence-electron chi connectivity index (χ0n) is 20.1. The van der Waals surface area contributed by atoms with Crippen molar-refractivity contribution < 1.29 is 9.59 Å². The third-order valence-electron chi connectivity index (χ3n) is 4.97. The van der Waals surface area contributed by atoms with Gasteiger partial charge in [0.1, 0.15) is 6.54 Å². The van der Waals surface area contributed by atoms with Gasteiger partial charge in [-0.2, -0.15) is 0 Å². The normalized spacial score (nSPS) is 12.0. The molecule has 0 aliphatic heterocycles. The Morgan fingerprint density at radius 2 is 1.85 bits per heavy atom. The molecule has 2 aromatic heterocycles. The summed E-state index contributed by atoms with van der Waals surface area (Å²) in [5.74, 6) is -0.234. The fraction of sp³-hybridized carbons (Fsp3) is 0.522. The van der Waals surface area contributed by atoms with Gasteiger partial charge in [-0.1, -0.05) is 20.8 Å². The highest BCUT2D eigenvalue weighted by Crippen LogP contribution is 2.15. The Morgan fingerprint density at radius 1 is 1.15 bits per heavy atom. The van der Waals surface area contributed by atoms with Gasteiger partial charge in [-0.05, 0) is 51.3 Å². The predicted octanol–water partition coefficient (Wildman–Crippen LogP) is 1.52. The number of fused-ring (bicyclic) bond motifs is 3. The lowest BCUT2D eigenvalue weighted by Crippen LogP contribution is -2.43. The van der Waals surface area contributed by atoms with Gasteiger partial charge >= 0.3 is 5.69 Å². The number of nitrogens with zero attached hydrogens (tertiary/aromatic N) is 4. The van der Waals surface area contributed by atoms with E-state index in [2.05, 4.69) is 15.7 Å². The lowest BCUT2D eigenvalue weighted by atomic mass is 10.1. The van der Waals surface area contributed by atoms with Gasteiger partial charge in [0.25, 0.3) is 11.5 Å². The first kappa shape index (κ1) is 24.2. The fourth-order valence-corrected chi connectivity index (χ4v) is 3.58. The minimum absolute atomic E-state index is 0.141. The van der Waals surface area contributed by atoms with Crippen molar-refractivity contribution in [2.45, 2.75) is 66.6 Å². The van der Waals surface area contributed by atoms with Crippen LogP contribution in [0.2, 0.25) is 0 Å². The average Bonchev–Trinajstić information content (AvgIpc) is 3.03. The first-order valence-corrected chi connectivity index (χ1v) is 11.2. The zero-order chi connectivity index (χ0) is 24.5. The van der Waals surface area contributed by atoms with Crippen molar-refractivity contribution in [3.8, 4) is 0 Å². The Labute approximate surface area is 191 Å². The van der Waals surface area contributed by atoms with E-state index in [4.69, 9.17) is 0 Å². The molecule has 0 saturated heterocycles. The van der Waals surface area contributed by atoms with Crippen LogP contribution in [0.1, 0.15) is 58.3 Å². The molecule has 2 heterocycles. The largest absolute Gasteiger partial charge is 0.352 e. The summed E-state index contributed by atoms with van der Waals surface area (Å²) in [7, 11) is 0. The Kier molecular flexibility index (Phi) is 6.76. The molecule has 0 atom stereocenters. The van der Waals surface area contributed by atoms with Gasteiger partial charge in [-0.3, -0.25) is 19.0 Å². The fourth-order valence-electron chi connectivity index (χ4n) is 3.58. The Bertz CT molecular complexity index is 1320. The second-order valence-corrected chi connectivity index (χ2v) is 9.67. The summed E-state index contributed by atoms with van der Waals surface area (Å²) >= 11 is 0. The van der Waals surface area contributed by atoms with Crippen molar-refractivity contribution in [1.29, 1.82) is 0 Å². The smallest absolute Gasteiger partial charge is 0.352 e. The molecule has 0 unspecified atom stereocenters. The number of rotatable bonds is 7. The molecule has 2 N–H and O–H groups in total. The van der Waals surface area contributed by atoms with Crippen LogP contribution in [0.5, 0.6) is 0 Å². The van der Waals surface area contributed by atoms with E-state index in [9.17, 15) is 19.2 Å². The maximum absolute atomic E-state index is 13.3. The van der Waals surface area contributed by atoms with Crippen LogP contribution in [-0.4, -0.2) is 42.6 Å². The van der Waals surface area contributed by atoms with E-state index in [0.29, 0.717) is 30.5 Å². The third kappa shape index (κ3) is 5.15. The lowest BCUT2D eigenvalue weighted by Gasteiger charge is -2.20. The van der Waals surface area contributed by atoms with Gasteiger partial charge in [0.2, 0.25) is 11.7 Å². The van der Waals surface area contributed by atoms with E-state index in [1.165, 1.54) is 15.0 Å². The van der Waals surface area contributed by atoms with Gasteiger partial charge in [-0.25, -0.2) is 13.9 Å². The van der Waals surface area contributed by atoms with Gasteiger partial charge in [0.15, 0.2) is 0 Å². The molecule has 0 spiro atoms. The molecule has 178 valence electrons. The van der Waals surface area contributed by atoms with E-state index in [-0.39, 0.29) is 41.1 Å². The molecule has 0 fully saturated rings. The maximum Gasteiger partial charge on any atom is 0.352 e. The molecule has 2 amide bonds. The summed E-state index contributed by atoms with van der Waals surface area (Å²) in [6.45, 7) is 12.0. The van der Waals surface area contributed by atoms with Crippen molar-refractivity contribution in [2.24, 2.45) is 5.92 Å². The molecule has 3 aromatic rings. The average molecular weight is 457 g/mol. The molecule has 0 radical (unpaired) electrons. The van der Waals surface area contributed by atoms with E-state index in [1.807, 2.05) is 41.5 Å². The number of benzene rings is 1. The molecule has 0 bridgehead atoms. The predicted molar refractivity (Wildman–Crippen MR) is 127 cm³/mol. The maximum atomic E-state index is 13.3. The molecule has 0 aliphatic carbocycles. The number of hydrogen-bond acceptors (Lipinski definition) is 5. The van der Waals surface area contributed by atoms with Gasteiger partial charge in [0.05, 0.1) is 10.9 Å². The van der Waals surface area contributed by atoms with Crippen molar-refractivity contribution >= 4 is 28.5 Å². The highest BCUT2D eigenvalue weighted by molar-refractivity contribution is 5.98. The van der Waals surface area contributed by atoms with Crippen LogP contribution in [0, 0.1) is 5.92 Å². The monoisotopic (exact) mass is 456 g/mol. The Balaban J connectivity index is 2.20. The highest BCUT2D eigenvalue weighted by Gasteiger charge is 2.21. The summed E-state index contributed by atoms with van der Waals surface area (Å²) in [5, 5.41) is 10.3. The zero-order valence-corrected chi connectivity index (χ0v) is 20.1. The topological polar surface area (TPSA) is 120 Å². The van der Waals surface area contributed by atoms with Gasteiger partial charge in [0, 0.05) is 24.2 Å². The quantitative estimate of drug-likeness (QED) is 0.559. The highest BCUT2D eigenvalue weighted by atomic mass is 16.2.